The van der Waals surface area contributed by atoms with Gasteiger partial charge in [0.25, 0.3) is 0 Å². The molecule has 1 atom stereocenters. The lowest BCUT2D eigenvalue weighted by molar-refractivity contribution is 0.211. The van der Waals surface area contributed by atoms with E-state index >= 15 is 0 Å². The molecule has 1 N–H and O–H groups in total. The highest BCUT2D eigenvalue weighted by molar-refractivity contribution is 7.89. The third-order valence-electron chi connectivity index (χ3n) is 6.18. The molecule has 1 saturated heterocycles. The Morgan fingerprint density at radius 2 is 1.71 bits per heavy atom. The second-order valence-corrected chi connectivity index (χ2v) is 11.4. The maximum absolute atomic E-state index is 13.2. The SMILES string of the molecule is N#Cc1cccc(S(=O)(=O)N2CCCN(c3nc(C(O)c4ccc(Oc5ccccc5)cc4)ns3)CC2)c1. The Morgan fingerprint density at radius 1 is 0.947 bits per heavy atom. The molecule has 1 fully saturated rings. The number of anilines is 1. The predicted molar refractivity (Wildman–Crippen MR) is 144 cm³/mol. The van der Waals surface area contributed by atoms with E-state index in [1.165, 1.54) is 28.0 Å². The third-order valence-corrected chi connectivity index (χ3v) is 8.86. The molecule has 38 heavy (non-hydrogen) atoms. The minimum atomic E-state index is -3.72. The molecule has 1 aromatic heterocycles. The van der Waals surface area contributed by atoms with Gasteiger partial charge in [-0.15, -0.1) is 0 Å². The molecule has 1 aliphatic rings. The van der Waals surface area contributed by atoms with Crippen LogP contribution >= 0.6 is 11.5 Å². The van der Waals surface area contributed by atoms with Crippen LogP contribution in [0, 0.1) is 11.3 Å². The van der Waals surface area contributed by atoms with E-state index < -0.39 is 16.1 Å². The molecule has 194 valence electrons. The number of aromatic nitrogens is 2. The van der Waals surface area contributed by atoms with Crippen LogP contribution in [0.2, 0.25) is 0 Å². The van der Waals surface area contributed by atoms with Crippen LogP contribution in [-0.4, -0.2) is 53.4 Å². The van der Waals surface area contributed by atoms with Crippen LogP contribution in [0.1, 0.15) is 29.5 Å². The number of hydrogen-bond acceptors (Lipinski definition) is 9. The summed E-state index contributed by atoms with van der Waals surface area (Å²) in [4.78, 5) is 6.67. The van der Waals surface area contributed by atoms with Gasteiger partial charge < -0.3 is 14.7 Å². The van der Waals surface area contributed by atoms with Gasteiger partial charge in [0.1, 0.15) is 17.6 Å². The lowest BCUT2D eigenvalue weighted by Gasteiger charge is -2.21. The quantitative estimate of drug-likeness (QED) is 0.366. The zero-order chi connectivity index (χ0) is 26.5. The van der Waals surface area contributed by atoms with Crippen molar-refractivity contribution in [3.05, 3.63) is 95.8 Å². The van der Waals surface area contributed by atoms with Crippen molar-refractivity contribution in [2.45, 2.75) is 17.4 Å². The summed E-state index contributed by atoms with van der Waals surface area (Å²) in [5, 5.41) is 20.6. The zero-order valence-corrected chi connectivity index (χ0v) is 22.0. The standard InChI is InChI=1S/C27H25N5O4S2/c28-19-20-6-4-9-24(18-20)38(34,35)32-15-5-14-31(16-17-32)27-29-26(30-37-27)25(33)21-10-12-23(13-11-21)36-22-7-2-1-3-8-22/h1-4,6-13,18,25,33H,5,14-17H2. The number of aliphatic hydroxyl groups excluding tert-OH is 1. The molecule has 0 spiro atoms. The molecule has 9 nitrogen and oxygen atoms in total. The average molecular weight is 548 g/mol. The fourth-order valence-corrected chi connectivity index (χ4v) is 6.42. The third kappa shape index (κ3) is 5.69. The van der Waals surface area contributed by atoms with Crippen molar-refractivity contribution in [3.8, 4) is 17.6 Å². The molecule has 0 saturated carbocycles. The highest BCUT2D eigenvalue weighted by atomic mass is 32.2. The maximum Gasteiger partial charge on any atom is 0.243 e. The molecule has 4 aromatic rings. The van der Waals surface area contributed by atoms with E-state index in [1.807, 2.05) is 41.3 Å². The number of ether oxygens (including phenoxy) is 1. The number of nitriles is 1. The van der Waals surface area contributed by atoms with Gasteiger partial charge in [-0.1, -0.05) is 36.4 Å². The molecule has 5 rings (SSSR count). The molecule has 11 heteroatoms. The Morgan fingerprint density at radius 3 is 2.47 bits per heavy atom. The van der Waals surface area contributed by atoms with Crippen molar-refractivity contribution in [3.63, 3.8) is 0 Å². The summed E-state index contributed by atoms with van der Waals surface area (Å²) < 4.78 is 37.9. The van der Waals surface area contributed by atoms with Crippen LogP contribution in [0.3, 0.4) is 0 Å². The molecule has 0 amide bonds. The summed E-state index contributed by atoms with van der Waals surface area (Å²) in [5.41, 5.74) is 0.948. The fraction of sp³-hybridized carbons (Fsp3) is 0.222. The van der Waals surface area contributed by atoms with Crippen LogP contribution in [0.5, 0.6) is 11.5 Å². The van der Waals surface area contributed by atoms with Crippen molar-refractivity contribution in [2.75, 3.05) is 31.1 Å². The number of rotatable bonds is 7. The Labute approximate surface area is 225 Å². The van der Waals surface area contributed by atoms with Crippen LogP contribution in [-0.2, 0) is 10.0 Å². The monoisotopic (exact) mass is 547 g/mol. The van der Waals surface area contributed by atoms with Crippen molar-refractivity contribution in [1.82, 2.24) is 13.7 Å². The predicted octanol–water partition coefficient (Wildman–Crippen LogP) is 4.18. The van der Waals surface area contributed by atoms with Crippen molar-refractivity contribution in [2.24, 2.45) is 0 Å². The fourth-order valence-electron chi connectivity index (χ4n) is 4.16. The summed E-state index contributed by atoms with van der Waals surface area (Å²) >= 11 is 1.18. The van der Waals surface area contributed by atoms with Crippen molar-refractivity contribution in [1.29, 1.82) is 5.26 Å². The lowest BCUT2D eigenvalue weighted by atomic mass is 10.1. The van der Waals surface area contributed by atoms with E-state index in [2.05, 4.69) is 9.36 Å². The number of sulfonamides is 1. The minimum absolute atomic E-state index is 0.117. The first kappa shape index (κ1) is 25.8. The van der Waals surface area contributed by atoms with Crippen LogP contribution in [0.15, 0.2) is 83.8 Å². The van der Waals surface area contributed by atoms with Gasteiger partial charge in [0.2, 0.25) is 15.2 Å². The van der Waals surface area contributed by atoms with E-state index in [0.29, 0.717) is 53.9 Å². The molecular weight excluding hydrogens is 522 g/mol. The summed E-state index contributed by atoms with van der Waals surface area (Å²) in [6.45, 7) is 1.69. The van der Waals surface area contributed by atoms with E-state index in [9.17, 15) is 13.5 Å². The van der Waals surface area contributed by atoms with E-state index in [1.54, 1.807) is 36.4 Å². The van der Waals surface area contributed by atoms with Gasteiger partial charge in [0, 0.05) is 37.7 Å². The maximum atomic E-state index is 13.2. The highest BCUT2D eigenvalue weighted by Gasteiger charge is 2.28. The molecule has 0 radical (unpaired) electrons. The summed E-state index contributed by atoms with van der Waals surface area (Å²) in [7, 11) is -3.72. The molecule has 0 bridgehead atoms. The summed E-state index contributed by atoms with van der Waals surface area (Å²) in [6, 6.07) is 24.6. The highest BCUT2D eigenvalue weighted by Crippen LogP contribution is 2.29. The van der Waals surface area contributed by atoms with Gasteiger partial charge in [0.05, 0.1) is 16.5 Å². The van der Waals surface area contributed by atoms with Crippen LogP contribution in [0.4, 0.5) is 5.13 Å². The number of hydrogen-bond donors (Lipinski definition) is 1. The van der Waals surface area contributed by atoms with Crippen LogP contribution in [0.25, 0.3) is 0 Å². The zero-order valence-electron chi connectivity index (χ0n) is 20.3. The minimum Gasteiger partial charge on any atom is -0.457 e. The van der Waals surface area contributed by atoms with E-state index in [4.69, 9.17) is 10.00 Å². The number of aliphatic hydroxyl groups is 1. The topological polar surface area (TPSA) is 120 Å². The first-order chi connectivity index (χ1) is 18.4. The molecule has 1 unspecified atom stereocenters. The molecule has 2 heterocycles. The summed E-state index contributed by atoms with van der Waals surface area (Å²) in [6.07, 6.45) is -0.389. The first-order valence-corrected chi connectivity index (χ1v) is 14.3. The van der Waals surface area contributed by atoms with Gasteiger partial charge >= 0.3 is 0 Å². The van der Waals surface area contributed by atoms with Gasteiger partial charge in [-0.05, 0) is 54.4 Å². The normalized spacial score (nSPS) is 15.4. The largest absolute Gasteiger partial charge is 0.457 e. The molecular formula is C27H25N5O4S2. The Hall–Kier alpha value is -3.82. The average Bonchev–Trinajstić information content (AvgIpc) is 3.31. The van der Waals surface area contributed by atoms with E-state index in [0.717, 1.165) is 5.75 Å². The number of benzene rings is 3. The van der Waals surface area contributed by atoms with Gasteiger partial charge in [-0.25, -0.2) is 13.4 Å². The Kier molecular flexibility index (Phi) is 7.67. The Balaban J connectivity index is 1.24. The molecule has 0 aliphatic carbocycles. The van der Waals surface area contributed by atoms with Gasteiger partial charge in [-0.3, -0.25) is 0 Å². The smallest absolute Gasteiger partial charge is 0.243 e. The van der Waals surface area contributed by atoms with Gasteiger partial charge in [-0.2, -0.15) is 13.9 Å². The number of para-hydroxylation sites is 1. The van der Waals surface area contributed by atoms with E-state index in [-0.39, 0.29) is 11.4 Å². The Bertz CT molecular complexity index is 1540. The van der Waals surface area contributed by atoms with Crippen LogP contribution < -0.4 is 9.64 Å². The molecule has 1 aliphatic heterocycles. The summed E-state index contributed by atoms with van der Waals surface area (Å²) in [5.74, 6) is 1.68. The van der Waals surface area contributed by atoms with Crippen molar-refractivity contribution < 1.29 is 18.3 Å². The molecule has 3 aromatic carbocycles. The second kappa shape index (κ2) is 11.3. The first-order valence-electron chi connectivity index (χ1n) is 12.0. The van der Waals surface area contributed by atoms with Gasteiger partial charge in [0.15, 0.2) is 5.82 Å². The second-order valence-electron chi connectivity index (χ2n) is 8.71. The lowest BCUT2D eigenvalue weighted by Crippen LogP contribution is -2.35. The number of nitrogens with zero attached hydrogens (tertiary/aromatic N) is 5. The van der Waals surface area contributed by atoms with Crippen molar-refractivity contribution >= 4 is 26.7 Å².